The van der Waals surface area contributed by atoms with Crippen LogP contribution in [0.15, 0.2) is 5.03 Å². The number of nitrogens with zero attached hydrogens (tertiary/aromatic N) is 2. The van der Waals surface area contributed by atoms with Gasteiger partial charge in [0.25, 0.3) is 0 Å². The van der Waals surface area contributed by atoms with E-state index in [1.54, 1.807) is 6.92 Å². The van der Waals surface area contributed by atoms with Crippen LogP contribution in [0, 0.1) is 6.92 Å². The van der Waals surface area contributed by atoms with Gasteiger partial charge in [-0.3, -0.25) is 4.79 Å². The molecule has 0 radical (unpaired) electrons. The zero-order valence-electron chi connectivity index (χ0n) is 11.5. The van der Waals surface area contributed by atoms with Crippen molar-refractivity contribution < 1.29 is 14.7 Å². The quantitative estimate of drug-likeness (QED) is 0.630. The van der Waals surface area contributed by atoms with E-state index in [1.165, 1.54) is 11.8 Å². The van der Waals surface area contributed by atoms with Crippen molar-refractivity contribution in [3.8, 4) is 0 Å². The number of aryl methyl sites for hydroxylation is 2. The number of carbonyl (C=O) groups excluding carboxylic acids is 1. The van der Waals surface area contributed by atoms with Crippen LogP contribution < -0.4 is 5.32 Å². The summed E-state index contributed by atoms with van der Waals surface area (Å²) in [4.78, 5) is 31.0. The highest BCUT2D eigenvalue weighted by Crippen LogP contribution is 2.25. The number of carboxylic acids is 1. The molecule has 108 valence electrons. The van der Waals surface area contributed by atoms with Crippen LogP contribution in [0.2, 0.25) is 0 Å². The number of thioether (sulfide) groups is 1. The van der Waals surface area contributed by atoms with E-state index in [1.807, 2.05) is 6.92 Å². The zero-order chi connectivity index (χ0) is 14.7. The maximum absolute atomic E-state index is 11.3. The van der Waals surface area contributed by atoms with Gasteiger partial charge in [0.2, 0.25) is 5.91 Å². The van der Waals surface area contributed by atoms with Gasteiger partial charge >= 0.3 is 5.97 Å². The number of rotatable bonds is 5. The number of aromatic nitrogens is 2. The third kappa shape index (κ3) is 3.27. The molecule has 2 rings (SSSR count). The highest BCUT2D eigenvalue weighted by Gasteiger charge is 2.23. The smallest absolute Gasteiger partial charge is 0.340 e. The first-order valence-corrected chi connectivity index (χ1v) is 7.52. The minimum Gasteiger partial charge on any atom is -0.478 e. The average Bonchev–Trinajstić information content (AvgIpc) is 2.81. The summed E-state index contributed by atoms with van der Waals surface area (Å²) < 4.78 is 0. The van der Waals surface area contributed by atoms with Crippen molar-refractivity contribution in [2.24, 2.45) is 0 Å². The third-order valence-electron chi connectivity index (χ3n) is 3.14. The molecule has 1 unspecified atom stereocenters. The fourth-order valence-corrected chi connectivity index (χ4v) is 3.25. The van der Waals surface area contributed by atoms with Gasteiger partial charge < -0.3 is 10.4 Å². The number of amides is 1. The van der Waals surface area contributed by atoms with E-state index >= 15 is 0 Å². The van der Waals surface area contributed by atoms with Crippen LogP contribution in [-0.2, 0) is 11.2 Å². The van der Waals surface area contributed by atoms with E-state index in [9.17, 15) is 14.7 Å². The van der Waals surface area contributed by atoms with Crippen molar-refractivity contribution in [2.45, 2.75) is 44.2 Å². The van der Waals surface area contributed by atoms with E-state index < -0.39 is 5.97 Å². The molecule has 6 nitrogen and oxygen atoms in total. The van der Waals surface area contributed by atoms with Crippen molar-refractivity contribution in [3.05, 3.63) is 17.1 Å². The number of carbonyl (C=O) groups is 2. The normalized spacial score (nSPS) is 18.1. The Morgan fingerprint density at radius 2 is 2.25 bits per heavy atom. The fraction of sp³-hybridized carbons (Fsp3) is 0.538. The van der Waals surface area contributed by atoms with Gasteiger partial charge in [-0.05, 0) is 13.3 Å². The number of aromatic carboxylic acids is 1. The van der Waals surface area contributed by atoms with Crippen molar-refractivity contribution in [1.82, 2.24) is 15.3 Å². The summed E-state index contributed by atoms with van der Waals surface area (Å²) in [6.07, 6.45) is 1.99. The minimum atomic E-state index is -1.01. The van der Waals surface area contributed by atoms with Gasteiger partial charge in [-0.15, -0.1) is 11.8 Å². The molecule has 1 fully saturated rings. The molecule has 0 spiro atoms. The Morgan fingerprint density at radius 3 is 2.80 bits per heavy atom. The summed E-state index contributed by atoms with van der Waals surface area (Å²) in [7, 11) is 0. The highest BCUT2D eigenvalue weighted by molar-refractivity contribution is 7.99. The predicted octanol–water partition coefficient (Wildman–Crippen LogP) is 1.42. The number of hydrogen-bond donors (Lipinski definition) is 2. The lowest BCUT2D eigenvalue weighted by molar-refractivity contribution is -0.119. The van der Waals surface area contributed by atoms with Crippen LogP contribution in [0.1, 0.15) is 41.6 Å². The standard InChI is InChI=1S/C13H17N3O3S/c1-3-9-14-7(2)11(13(18)19)12(16-9)20-6-8-4-5-10(17)15-8/h8H,3-6H2,1-2H3,(H,15,17)(H,18,19). The molecule has 1 aliphatic heterocycles. The van der Waals surface area contributed by atoms with Crippen LogP contribution in [0.4, 0.5) is 0 Å². The number of hydrogen-bond acceptors (Lipinski definition) is 5. The molecule has 1 aromatic rings. The Hall–Kier alpha value is -1.63. The van der Waals surface area contributed by atoms with Crippen LogP contribution >= 0.6 is 11.8 Å². The van der Waals surface area contributed by atoms with E-state index in [0.717, 1.165) is 6.42 Å². The monoisotopic (exact) mass is 295 g/mol. The SMILES string of the molecule is CCc1nc(C)c(C(=O)O)c(SCC2CCC(=O)N2)n1. The molecule has 0 bridgehead atoms. The summed E-state index contributed by atoms with van der Waals surface area (Å²) in [6, 6.07) is 0.0921. The average molecular weight is 295 g/mol. The Labute approximate surface area is 121 Å². The molecule has 1 atom stereocenters. The molecular weight excluding hydrogens is 278 g/mol. The Bertz CT molecular complexity index is 548. The van der Waals surface area contributed by atoms with Gasteiger partial charge in [-0.1, -0.05) is 6.92 Å². The molecule has 2 N–H and O–H groups in total. The molecule has 0 aromatic carbocycles. The van der Waals surface area contributed by atoms with Crippen molar-refractivity contribution in [3.63, 3.8) is 0 Å². The maximum atomic E-state index is 11.3. The fourth-order valence-electron chi connectivity index (χ4n) is 2.09. The predicted molar refractivity (Wildman–Crippen MR) is 75.0 cm³/mol. The van der Waals surface area contributed by atoms with Crippen molar-refractivity contribution in [1.29, 1.82) is 0 Å². The molecule has 7 heteroatoms. The lowest BCUT2D eigenvalue weighted by atomic mass is 10.2. The Balaban J connectivity index is 2.18. The van der Waals surface area contributed by atoms with Crippen LogP contribution in [0.3, 0.4) is 0 Å². The van der Waals surface area contributed by atoms with E-state index in [4.69, 9.17) is 0 Å². The summed E-state index contributed by atoms with van der Waals surface area (Å²) in [6.45, 7) is 3.62. The molecular formula is C13H17N3O3S. The zero-order valence-corrected chi connectivity index (χ0v) is 12.3. The van der Waals surface area contributed by atoms with Gasteiger partial charge in [0.1, 0.15) is 16.4 Å². The second-order valence-electron chi connectivity index (χ2n) is 4.68. The molecule has 1 aromatic heterocycles. The Morgan fingerprint density at radius 1 is 1.50 bits per heavy atom. The van der Waals surface area contributed by atoms with Gasteiger partial charge in [0, 0.05) is 24.6 Å². The topological polar surface area (TPSA) is 92.2 Å². The molecule has 0 saturated carbocycles. The summed E-state index contributed by atoms with van der Waals surface area (Å²) in [5.41, 5.74) is 0.652. The van der Waals surface area contributed by atoms with E-state index in [2.05, 4.69) is 15.3 Å². The second kappa shape index (κ2) is 6.21. The largest absolute Gasteiger partial charge is 0.478 e. The molecule has 20 heavy (non-hydrogen) atoms. The van der Waals surface area contributed by atoms with E-state index in [0.29, 0.717) is 35.1 Å². The highest BCUT2D eigenvalue weighted by atomic mass is 32.2. The minimum absolute atomic E-state index is 0.0576. The second-order valence-corrected chi connectivity index (χ2v) is 5.69. The van der Waals surface area contributed by atoms with Gasteiger partial charge in [0.15, 0.2) is 0 Å². The first kappa shape index (κ1) is 14.8. The maximum Gasteiger partial charge on any atom is 0.340 e. The molecule has 0 aliphatic carbocycles. The Kier molecular flexibility index (Phi) is 4.59. The molecule has 1 amide bonds. The van der Waals surface area contributed by atoms with Crippen LogP contribution in [-0.4, -0.2) is 38.7 Å². The molecule has 1 aliphatic rings. The lowest BCUT2D eigenvalue weighted by Gasteiger charge is -2.12. The number of carboxylic acid groups (broad SMARTS) is 1. The number of nitrogens with one attached hydrogen (secondary N) is 1. The summed E-state index contributed by atoms with van der Waals surface area (Å²) in [5.74, 6) is 0.321. The van der Waals surface area contributed by atoms with E-state index in [-0.39, 0.29) is 17.5 Å². The third-order valence-corrected chi connectivity index (χ3v) is 4.28. The van der Waals surface area contributed by atoms with Gasteiger partial charge in [0.05, 0.1) is 5.69 Å². The first-order valence-electron chi connectivity index (χ1n) is 6.54. The van der Waals surface area contributed by atoms with Crippen LogP contribution in [0.5, 0.6) is 0 Å². The molecule has 1 saturated heterocycles. The van der Waals surface area contributed by atoms with Gasteiger partial charge in [-0.2, -0.15) is 0 Å². The van der Waals surface area contributed by atoms with Gasteiger partial charge in [-0.25, -0.2) is 14.8 Å². The summed E-state index contributed by atoms with van der Waals surface area (Å²) >= 11 is 1.37. The van der Waals surface area contributed by atoms with Crippen molar-refractivity contribution in [2.75, 3.05) is 5.75 Å². The summed E-state index contributed by atoms with van der Waals surface area (Å²) in [5, 5.41) is 12.6. The lowest BCUT2D eigenvalue weighted by Crippen LogP contribution is -2.27. The van der Waals surface area contributed by atoms with Crippen LogP contribution in [0.25, 0.3) is 0 Å². The molecule has 2 heterocycles. The first-order chi connectivity index (χ1) is 9.51. The van der Waals surface area contributed by atoms with Crippen molar-refractivity contribution >= 4 is 23.6 Å².